The number of nitrogens with zero attached hydrogens (tertiary/aromatic N) is 1. The Morgan fingerprint density at radius 1 is 1.00 bits per heavy atom. The van der Waals surface area contributed by atoms with Crippen LogP contribution in [0.15, 0.2) is 0 Å². The Balaban J connectivity index is 1.62. The molecule has 1 N–H and O–H groups in total. The van der Waals surface area contributed by atoms with Gasteiger partial charge in [0, 0.05) is 6.04 Å². The van der Waals surface area contributed by atoms with Crippen LogP contribution in [0.4, 0.5) is 0 Å². The predicted octanol–water partition coefficient (Wildman–Crippen LogP) is 2.00. The van der Waals surface area contributed by atoms with Crippen LogP contribution in [0.1, 0.15) is 44.9 Å². The molecule has 2 aliphatic heterocycles. The van der Waals surface area contributed by atoms with E-state index >= 15 is 0 Å². The third-order valence-electron chi connectivity index (χ3n) is 3.65. The minimum absolute atomic E-state index is 0.818. The highest BCUT2D eigenvalue weighted by Gasteiger charge is 2.15. The van der Waals surface area contributed by atoms with E-state index in [1.807, 2.05) is 0 Å². The summed E-state index contributed by atoms with van der Waals surface area (Å²) in [4.78, 5) is 2.63. The molecule has 2 aliphatic rings. The lowest BCUT2D eigenvalue weighted by Crippen LogP contribution is -2.32. The van der Waals surface area contributed by atoms with E-state index in [1.165, 1.54) is 71.1 Å². The van der Waals surface area contributed by atoms with Crippen molar-refractivity contribution in [1.29, 1.82) is 0 Å². The molecule has 82 valence electrons. The van der Waals surface area contributed by atoms with Crippen LogP contribution < -0.4 is 5.32 Å². The highest BCUT2D eigenvalue weighted by atomic mass is 15.1. The summed E-state index contributed by atoms with van der Waals surface area (Å²) in [6.07, 6.45) is 9.91. The SMILES string of the molecule is C1CCNC(CCN2CCCC2)CC1. The molecule has 0 aromatic heterocycles. The van der Waals surface area contributed by atoms with E-state index < -0.39 is 0 Å². The van der Waals surface area contributed by atoms with Crippen molar-refractivity contribution in [3.8, 4) is 0 Å². The van der Waals surface area contributed by atoms with Crippen molar-refractivity contribution in [3.05, 3.63) is 0 Å². The van der Waals surface area contributed by atoms with Gasteiger partial charge in [-0.3, -0.25) is 0 Å². The van der Waals surface area contributed by atoms with Crippen LogP contribution in [0.2, 0.25) is 0 Å². The molecular formula is C12H24N2. The zero-order valence-electron chi connectivity index (χ0n) is 9.30. The van der Waals surface area contributed by atoms with E-state index in [1.54, 1.807) is 0 Å². The van der Waals surface area contributed by atoms with Crippen LogP contribution in [0, 0.1) is 0 Å². The van der Waals surface area contributed by atoms with E-state index in [2.05, 4.69) is 10.2 Å². The molecule has 0 spiro atoms. The van der Waals surface area contributed by atoms with Gasteiger partial charge in [-0.1, -0.05) is 12.8 Å². The fraction of sp³-hybridized carbons (Fsp3) is 1.00. The molecule has 2 nitrogen and oxygen atoms in total. The molecule has 2 heterocycles. The summed E-state index contributed by atoms with van der Waals surface area (Å²) in [5.74, 6) is 0. The molecule has 0 bridgehead atoms. The number of nitrogens with one attached hydrogen (secondary N) is 1. The highest BCUT2D eigenvalue weighted by Crippen LogP contribution is 2.13. The summed E-state index contributed by atoms with van der Waals surface area (Å²) in [6, 6.07) is 0.818. The Kier molecular flexibility index (Phi) is 4.26. The summed E-state index contributed by atoms with van der Waals surface area (Å²) in [6.45, 7) is 5.29. The van der Waals surface area contributed by atoms with Crippen molar-refractivity contribution in [2.24, 2.45) is 0 Å². The second kappa shape index (κ2) is 5.72. The lowest BCUT2D eigenvalue weighted by atomic mass is 10.1. The van der Waals surface area contributed by atoms with Gasteiger partial charge in [0.1, 0.15) is 0 Å². The Morgan fingerprint density at radius 3 is 2.71 bits per heavy atom. The molecule has 0 aromatic carbocycles. The molecule has 2 saturated heterocycles. The highest BCUT2D eigenvalue weighted by molar-refractivity contribution is 4.74. The average molecular weight is 196 g/mol. The van der Waals surface area contributed by atoms with Crippen LogP contribution in [-0.2, 0) is 0 Å². The Labute approximate surface area is 88.1 Å². The smallest absolute Gasteiger partial charge is 0.00792 e. The predicted molar refractivity (Wildman–Crippen MR) is 60.5 cm³/mol. The molecule has 2 fully saturated rings. The molecule has 0 aliphatic carbocycles. The minimum atomic E-state index is 0.818. The van der Waals surface area contributed by atoms with Gasteiger partial charge in [-0.25, -0.2) is 0 Å². The van der Waals surface area contributed by atoms with Gasteiger partial charge in [0.2, 0.25) is 0 Å². The molecule has 2 rings (SSSR count). The Hall–Kier alpha value is -0.0800. The summed E-state index contributed by atoms with van der Waals surface area (Å²) < 4.78 is 0. The largest absolute Gasteiger partial charge is 0.314 e. The first-order valence-electron chi connectivity index (χ1n) is 6.41. The van der Waals surface area contributed by atoms with Crippen molar-refractivity contribution in [1.82, 2.24) is 10.2 Å². The van der Waals surface area contributed by atoms with Gasteiger partial charge in [-0.2, -0.15) is 0 Å². The average Bonchev–Trinajstić information content (AvgIpc) is 2.58. The maximum absolute atomic E-state index is 3.68. The third kappa shape index (κ3) is 3.25. The summed E-state index contributed by atoms with van der Waals surface area (Å²) in [7, 11) is 0. The molecule has 14 heavy (non-hydrogen) atoms. The first kappa shape index (κ1) is 10.4. The normalized spacial score (nSPS) is 30.4. The number of hydrogen-bond donors (Lipinski definition) is 1. The summed E-state index contributed by atoms with van der Waals surface area (Å²) in [5.41, 5.74) is 0. The lowest BCUT2D eigenvalue weighted by Gasteiger charge is -2.20. The van der Waals surface area contributed by atoms with E-state index in [4.69, 9.17) is 0 Å². The van der Waals surface area contributed by atoms with E-state index in [0.717, 1.165) is 6.04 Å². The van der Waals surface area contributed by atoms with Gasteiger partial charge < -0.3 is 10.2 Å². The molecule has 0 saturated carbocycles. The minimum Gasteiger partial charge on any atom is -0.314 e. The second-order valence-electron chi connectivity index (χ2n) is 4.84. The molecular weight excluding hydrogens is 172 g/mol. The van der Waals surface area contributed by atoms with Gasteiger partial charge in [-0.05, 0) is 58.3 Å². The molecule has 1 atom stereocenters. The van der Waals surface area contributed by atoms with Crippen LogP contribution >= 0.6 is 0 Å². The van der Waals surface area contributed by atoms with E-state index in [-0.39, 0.29) is 0 Å². The molecule has 2 heteroatoms. The second-order valence-corrected chi connectivity index (χ2v) is 4.84. The van der Waals surface area contributed by atoms with Crippen molar-refractivity contribution in [3.63, 3.8) is 0 Å². The molecule has 1 unspecified atom stereocenters. The topological polar surface area (TPSA) is 15.3 Å². The van der Waals surface area contributed by atoms with Crippen molar-refractivity contribution in [2.45, 2.75) is 51.0 Å². The first-order valence-corrected chi connectivity index (χ1v) is 6.41. The Bertz CT molecular complexity index is 144. The molecule has 0 aromatic rings. The zero-order valence-corrected chi connectivity index (χ0v) is 9.30. The summed E-state index contributed by atoms with van der Waals surface area (Å²) in [5, 5.41) is 3.68. The van der Waals surface area contributed by atoms with Gasteiger partial charge in [0.05, 0.1) is 0 Å². The third-order valence-corrected chi connectivity index (χ3v) is 3.65. The number of rotatable bonds is 3. The maximum Gasteiger partial charge on any atom is 0.00792 e. The molecule has 0 radical (unpaired) electrons. The van der Waals surface area contributed by atoms with Crippen LogP contribution in [0.25, 0.3) is 0 Å². The van der Waals surface area contributed by atoms with Crippen molar-refractivity contribution in [2.75, 3.05) is 26.2 Å². The standard InChI is InChI=1S/C12H24N2/c1-2-6-12(13-8-3-1)7-11-14-9-4-5-10-14/h12-13H,1-11H2. The quantitative estimate of drug-likeness (QED) is 0.743. The lowest BCUT2D eigenvalue weighted by molar-refractivity contribution is 0.307. The maximum atomic E-state index is 3.68. The number of hydrogen-bond acceptors (Lipinski definition) is 2. The number of likely N-dealkylation sites (tertiary alicyclic amines) is 1. The fourth-order valence-electron chi connectivity index (χ4n) is 2.69. The van der Waals surface area contributed by atoms with Crippen LogP contribution in [0.5, 0.6) is 0 Å². The van der Waals surface area contributed by atoms with Crippen LogP contribution in [0.3, 0.4) is 0 Å². The summed E-state index contributed by atoms with van der Waals surface area (Å²) >= 11 is 0. The van der Waals surface area contributed by atoms with Gasteiger partial charge in [-0.15, -0.1) is 0 Å². The van der Waals surface area contributed by atoms with Gasteiger partial charge in [0.25, 0.3) is 0 Å². The van der Waals surface area contributed by atoms with E-state index in [9.17, 15) is 0 Å². The molecule has 0 amide bonds. The van der Waals surface area contributed by atoms with Gasteiger partial charge in [0.15, 0.2) is 0 Å². The van der Waals surface area contributed by atoms with Gasteiger partial charge >= 0.3 is 0 Å². The van der Waals surface area contributed by atoms with Crippen molar-refractivity contribution < 1.29 is 0 Å². The Morgan fingerprint density at radius 2 is 1.86 bits per heavy atom. The fourth-order valence-corrected chi connectivity index (χ4v) is 2.69. The van der Waals surface area contributed by atoms with Crippen LogP contribution in [-0.4, -0.2) is 37.1 Å². The van der Waals surface area contributed by atoms with Crippen molar-refractivity contribution >= 4 is 0 Å². The first-order chi connectivity index (χ1) is 6.95. The zero-order chi connectivity index (χ0) is 9.64. The monoisotopic (exact) mass is 196 g/mol. The van der Waals surface area contributed by atoms with E-state index in [0.29, 0.717) is 0 Å².